The van der Waals surface area contributed by atoms with Crippen LogP contribution in [-0.4, -0.2) is 59.9 Å². The Hall–Kier alpha value is -3.34. The summed E-state index contributed by atoms with van der Waals surface area (Å²) in [6, 6.07) is -1.54. The van der Waals surface area contributed by atoms with Crippen molar-refractivity contribution < 1.29 is 47.5 Å². The summed E-state index contributed by atoms with van der Waals surface area (Å²) in [5, 5.41) is 8.89. The number of esters is 2. The fraction of sp³-hybridized carbons (Fsp3) is 0.630. The maximum absolute atomic E-state index is 12.6. The molecule has 0 heterocycles. The highest BCUT2D eigenvalue weighted by Gasteiger charge is 2.28. The quantitative estimate of drug-likeness (QED) is 0.0233. The number of carboxylic acids is 1. The Morgan fingerprint density at radius 2 is 0.931 bits per heavy atom. The average molecular weight is 834 g/mol. The fourth-order valence-electron chi connectivity index (χ4n) is 5.18. The van der Waals surface area contributed by atoms with E-state index in [2.05, 4.69) is 91.3 Å². The number of carbonyl (C=O) groups excluding carboxylic acids is 2. The van der Waals surface area contributed by atoms with E-state index >= 15 is 0 Å². The molecule has 4 N–H and O–H groups in total. The third-order valence-corrected chi connectivity index (χ3v) is 9.57. The van der Waals surface area contributed by atoms with Gasteiger partial charge >= 0.3 is 25.7 Å². The second-order valence-electron chi connectivity index (χ2n) is 14.1. The second kappa shape index (κ2) is 40.4. The molecular weight excluding hydrogens is 757 g/mol. The molecular formula is C46H76NO10P. The molecule has 0 aromatic carbocycles. The molecule has 330 valence electrons. The van der Waals surface area contributed by atoms with Crippen molar-refractivity contribution in [1.82, 2.24) is 0 Å². The van der Waals surface area contributed by atoms with Crippen molar-refractivity contribution in [2.75, 3.05) is 19.8 Å². The predicted molar refractivity (Wildman–Crippen MR) is 235 cm³/mol. The SMILES string of the molecule is CCCCCC=CCC=CCC=CCC=CCCCC(=O)OCC(COP(=O)(O)OCC(N)C(=O)O)OC(=O)CCCCCCC=CCC=CCC=CCCCCC. The summed E-state index contributed by atoms with van der Waals surface area (Å²) in [5.41, 5.74) is 5.33. The molecule has 3 unspecified atom stereocenters. The van der Waals surface area contributed by atoms with E-state index in [0.29, 0.717) is 19.3 Å². The monoisotopic (exact) mass is 834 g/mol. The van der Waals surface area contributed by atoms with Crippen molar-refractivity contribution in [2.24, 2.45) is 5.73 Å². The lowest BCUT2D eigenvalue weighted by Crippen LogP contribution is -2.34. The second-order valence-corrected chi connectivity index (χ2v) is 15.6. The molecule has 0 spiro atoms. The average Bonchev–Trinajstić information content (AvgIpc) is 3.20. The van der Waals surface area contributed by atoms with Gasteiger partial charge in [-0.15, -0.1) is 0 Å². The van der Waals surface area contributed by atoms with Crippen molar-refractivity contribution in [3.63, 3.8) is 0 Å². The first kappa shape index (κ1) is 54.7. The molecule has 0 saturated heterocycles. The Morgan fingerprint density at radius 1 is 0.534 bits per heavy atom. The van der Waals surface area contributed by atoms with Gasteiger partial charge in [-0.25, -0.2) is 4.57 Å². The number of carbonyl (C=O) groups is 3. The molecule has 0 aliphatic carbocycles. The number of phosphoric ester groups is 1. The third kappa shape index (κ3) is 39.5. The normalized spacial score (nSPS) is 14.6. The topological polar surface area (TPSA) is 172 Å². The van der Waals surface area contributed by atoms with Crippen LogP contribution in [0.25, 0.3) is 0 Å². The highest BCUT2D eigenvalue weighted by molar-refractivity contribution is 7.47. The van der Waals surface area contributed by atoms with E-state index in [0.717, 1.165) is 70.6 Å². The number of allylic oxidation sites excluding steroid dienone is 14. The number of hydrogen-bond donors (Lipinski definition) is 3. The molecule has 3 atom stereocenters. The van der Waals surface area contributed by atoms with Crippen LogP contribution in [0.15, 0.2) is 85.1 Å². The molecule has 0 amide bonds. The highest BCUT2D eigenvalue weighted by atomic mass is 31.2. The van der Waals surface area contributed by atoms with Crippen molar-refractivity contribution in [1.29, 1.82) is 0 Å². The Kier molecular flexibility index (Phi) is 38.1. The zero-order valence-corrected chi connectivity index (χ0v) is 36.5. The van der Waals surface area contributed by atoms with E-state index in [4.69, 9.17) is 24.8 Å². The van der Waals surface area contributed by atoms with Crippen LogP contribution in [0.5, 0.6) is 0 Å². The van der Waals surface area contributed by atoms with Crippen LogP contribution < -0.4 is 5.73 Å². The Morgan fingerprint density at radius 3 is 1.40 bits per heavy atom. The number of hydrogen-bond acceptors (Lipinski definition) is 9. The lowest BCUT2D eigenvalue weighted by molar-refractivity contribution is -0.161. The van der Waals surface area contributed by atoms with Gasteiger partial charge in [-0.2, -0.15) is 0 Å². The summed E-state index contributed by atoms with van der Waals surface area (Å²) >= 11 is 0. The van der Waals surface area contributed by atoms with Crippen LogP contribution >= 0.6 is 7.82 Å². The van der Waals surface area contributed by atoms with Crippen molar-refractivity contribution in [3.05, 3.63) is 85.1 Å². The van der Waals surface area contributed by atoms with Gasteiger partial charge in [-0.05, 0) is 89.9 Å². The number of rotatable bonds is 39. The summed E-state index contributed by atoms with van der Waals surface area (Å²) in [4.78, 5) is 45.9. The number of ether oxygens (including phenoxy) is 2. The maximum Gasteiger partial charge on any atom is 0.472 e. The lowest BCUT2D eigenvalue weighted by atomic mass is 10.1. The van der Waals surface area contributed by atoms with Crippen LogP contribution in [0.4, 0.5) is 0 Å². The summed E-state index contributed by atoms with van der Waals surface area (Å²) in [6.07, 6.45) is 49.4. The maximum atomic E-state index is 12.6. The third-order valence-electron chi connectivity index (χ3n) is 8.62. The van der Waals surface area contributed by atoms with Gasteiger partial charge in [0.1, 0.15) is 12.6 Å². The predicted octanol–water partition coefficient (Wildman–Crippen LogP) is 11.5. The van der Waals surface area contributed by atoms with E-state index in [-0.39, 0.29) is 19.4 Å². The Balaban J connectivity index is 4.53. The van der Waals surface area contributed by atoms with Gasteiger partial charge in [0.2, 0.25) is 0 Å². The largest absolute Gasteiger partial charge is 0.480 e. The molecule has 58 heavy (non-hydrogen) atoms. The summed E-state index contributed by atoms with van der Waals surface area (Å²) in [7, 11) is -4.74. The lowest BCUT2D eigenvalue weighted by Gasteiger charge is -2.20. The molecule has 0 bridgehead atoms. The molecule has 0 aliphatic rings. The number of phosphoric acid groups is 1. The van der Waals surface area contributed by atoms with E-state index in [1.54, 1.807) is 0 Å². The molecule has 0 rings (SSSR count). The van der Waals surface area contributed by atoms with Crippen LogP contribution in [0, 0.1) is 0 Å². The minimum atomic E-state index is -4.74. The first-order valence-corrected chi connectivity index (χ1v) is 23.1. The Labute approximate surface area is 350 Å². The fourth-order valence-corrected chi connectivity index (χ4v) is 5.96. The molecule has 0 aromatic rings. The molecule has 0 radical (unpaired) electrons. The standard InChI is InChI=1S/C46H76NO10P/c1-3-5-7-9-11-13-15-17-19-21-23-25-27-29-31-33-35-37-44(48)54-39-42(40-55-58(52,53)56-41-43(47)46(50)51)57-45(49)38-36-34-32-30-28-26-24-22-20-18-16-14-12-10-8-6-4-2/h11-14,17-20,23-26,29,31,42-43H,3-10,15-16,21-22,27-28,30,32-41,47H2,1-2H3,(H,50,51)(H,52,53). The van der Waals surface area contributed by atoms with Gasteiger partial charge in [0.15, 0.2) is 6.10 Å². The first-order valence-electron chi connectivity index (χ1n) is 21.6. The van der Waals surface area contributed by atoms with Crippen LogP contribution in [-0.2, 0) is 37.5 Å². The molecule has 0 aromatic heterocycles. The first-order chi connectivity index (χ1) is 28.1. The smallest absolute Gasteiger partial charge is 0.472 e. The summed E-state index contributed by atoms with van der Waals surface area (Å²) < 4.78 is 32.6. The van der Waals surface area contributed by atoms with Crippen molar-refractivity contribution in [2.45, 2.75) is 167 Å². The molecule has 11 nitrogen and oxygen atoms in total. The van der Waals surface area contributed by atoms with Gasteiger partial charge in [-0.1, -0.05) is 137 Å². The Bertz CT molecular complexity index is 1300. The van der Waals surface area contributed by atoms with Gasteiger partial charge in [-0.3, -0.25) is 23.4 Å². The van der Waals surface area contributed by atoms with Crippen LogP contribution in [0.2, 0.25) is 0 Å². The number of unbranched alkanes of at least 4 members (excludes halogenated alkanes) is 11. The summed E-state index contributed by atoms with van der Waals surface area (Å²) in [6.45, 7) is 2.65. The van der Waals surface area contributed by atoms with Gasteiger partial charge in [0.05, 0.1) is 13.2 Å². The molecule has 0 aliphatic heterocycles. The van der Waals surface area contributed by atoms with Gasteiger partial charge < -0.3 is 25.2 Å². The zero-order chi connectivity index (χ0) is 42.8. The highest BCUT2D eigenvalue weighted by Crippen LogP contribution is 2.43. The van der Waals surface area contributed by atoms with Gasteiger partial charge in [0, 0.05) is 12.8 Å². The minimum Gasteiger partial charge on any atom is -0.480 e. The molecule has 12 heteroatoms. The van der Waals surface area contributed by atoms with E-state index < -0.39 is 51.1 Å². The number of aliphatic carboxylic acids is 1. The number of carboxylic acid groups (broad SMARTS) is 1. The van der Waals surface area contributed by atoms with Crippen molar-refractivity contribution in [3.8, 4) is 0 Å². The van der Waals surface area contributed by atoms with E-state index in [1.165, 1.54) is 38.5 Å². The van der Waals surface area contributed by atoms with E-state index in [9.17, 15) is 23.8 Å². The van der Waals surface area contributed by atoms with Crippen LogP contribution in [0.3, 0.4) is 0 Å². The van der Waals surface area contributed by atoms with Gasteiger partial charge in [0.25, 0.3) is 0 Å². The van der Waals surface area contributed by atoms with Crippen LogP contribution in [0.1, 0.15) is 155 Å². The minimum absolute atomic E-state index is 0.119. The number of nitrogens with two attached hydrogens (primary N) is 1. The summed E-state index contributed by atoms with van der Waals surface area (Å²) in [5.74, 6) is -2.49. The zero-order valence-electron chi connectivity index (χ0n) is 35.6. The molecule has 0 fully saturated rings. The molecule has 0 saturated carbocycles. The van der Waals surface area contributed by atoms with Crippen molar-refractivity contribution >= 4 is 25.7 Å². The van der Waals surface area contributed by atoms with E-state index in [1.807, 2.05) is 12.2 Å².